The predicted molar refractivity (Wildman–Crippen MR) is 93.0 cm³/mol. The van der Waals surface area contributed by atoms with Gasteiger partial charge in [0.05, 0.1) is 18.7 Å². The molecule has 2 rings (SSSR count). The van der Waals surface area contributed by atoms with E-state index in [1.165, 1.54) is 7.11 Å². The maximum atomic E-state index is 12.5. The number of hydrogen-bond donors (Lipinski definition) is 1. The quantitative estimate of drug-likeness (QED) is 0.868. The maximum absolute atomic E-state index is 12.5. The van der Waals surface area contributed by atoms with Crippen molar-refractivity contribution < 1.29 is 14.3 Å². The molecule has 0 aliphatic carbocycles. The molecule has 122 valence electrons. The van der Waals surface area contributed by atoms with E-state index in [0.29, 0.717) is 28.7 Å². The summed E-state index contributed by atoms with van der Waals surface area (Å²) in [6, 6.07) is 9.07. The standard InChI is InChI=1S/C18H20ClNO3/c1-5-23-17-15(19)9-13(10-16(17)22-4)18(21)20-14-7-11(2)6-12(3)8-14/h6-10H,5H2,1-4H3,(H,20,21). The van der Waals surface area contributed by atoms with E-state index in [-0.39, 0.29) is 5.91 Å². The molecule has 5 heteroatoms. The van der Waals surface area contributed by atoms with Crippen LogP contribution in [-0.4, -0.2) is 19.6 Å². The molecule has 1 N–H and O–H groups in total. The van der Waals surface area contributed by atoms with Gasteiger partial charge in [0, 0.05) is 11.3 Å². The van der Waals surface area contributed by atoms with Crippen molar-refractivity contribution in [2.24, 2.45) is 0 Å². The van der Waals surface area contributed by atoms with E-state index in [1.54, 1.807) is 12.1 Å². The Kier molecular flexibility index (Phi) is 5.50. The van der Waals surface area contributed by atoms with Crippen molar-refractivity contribution >= 4 is 23.2 Å². The molecule has 0 aromatic heterocycles. The van der Waals surface area contributed by atoms with Gasteiger partial charge in [0.15, 0.2) is 11.5 Å². The van der Waals surface area contributed by atoms with Crippen LogP contribution in [0.15, 0.2) is 30.3 Å². The summed E-state index contributed by atoms with van der Waals surface area (Å²) in [5.41, 5.74) is 3.33. The van der Waals surface area contributed by atoms with Crippen LogP contribution in [0.5, 0.6) is 11.5 Å². The van der Waals surface area contributed by atoms with Gasteiger partial charge in [-0.15, -0.1) is 0 Å². The van der Waals surface area contributed by atoms with Crippen molar-refractivity contribution in [2.45, 2.75) is 20.8 Å². The Hall–Kier alpha value is -2.20. The van der Waals surface area contributed by atoms with E-state index in [9.17, 15) is 4.79 Å². The summed E-state index contributed by atoms with van der Waals surface area (Å²) in [7, 11) is 1.51. The van der Waals surface area contributed by atoms with Crippen molar-refractivity contribution in [1.29, 1.82) is 0 Å². The second-order valence-corrected chi connectivity index (χ2v) is 5.66. The number of halogens is 1. The summed E-state index contributed by atoms with van der Waals surface area (Å²) in [4.78, 5) is 12.5. The summed E-state index contributed by atoms with van der Waals surface area (Å²) in [5.74, 6) is 0.628. The van der Waals surface area contributed by atoms with Crippen molar-refractivity contribution in [3.05, 3.63) is 52.0 Å². The van der Waals surface area contributed by atoms with Crippen molar-refractivity contribution in [3.63, 3.8) is 0 Å². The number of rotatable bonds is 5. The molecule has 0 bridgehead atoms. The Labute approximate surface area is 141 Å². The first kappa shape index (κ1) is 17.2. The molecular weight excluding hydrogens is 314 g/mol. The van der Waals surface area contributed by atoms with Gasteiger partial charge >= 0.3 is 0 Å². The number of amides is 1. The lowest BCUT2D eigenvalue weighted by Crippen LogP contribution is -2.12. The average molecular weight is 334 g/mol. The van der Waals surface area contributed by atoms with Gasteiger partial charge in [-0.3, -0.25) is 4.79 Å². The number of carbonyl (C=O) groups excluding carboxylic acids is 1. The largest absolute Gasteiger partial charge is 0.493 e. The first-order valence-corrected chi connectivity index (χ1v) is 7.72. The lowest BCUT2D eigenvalue weighted by atomic mass is 10.1. The second kappa shape index (κ2) is 7.38. The fourth-order valence-electron chi connectivity index (χ4n) is 2.39. The number of nitrogens with one attached hydrogen (secondary N) is 1. The van der Waals surface area contributed by atoms with E-state index >= 15 is 0 Å². The lowest BCUT2D eigenvalue weighted by molar-refractivity contribution is 0.102. The molecule has 0 spiro atoms. The molecule has 23 heavy (non-hydrogen) atoms. The highest BCUT2D eigenvalue weighted by atomic mass is 35.5. The van der Waals surface area contributed by atoms with E-state index in [1.807, 2.05) is 39.0 Å². The SMILES string of the molecule is CCOc1c(Cl)cc(C(=O)Nc2cc(C)cc(C)c2)cc1OC. The van der Waals surface area contributed by atoms with Crippen LogP contribution >= 0.6 is 11.6 Å². The zero-order chi connectivity index (χ0) is 17.0. The first-order valence-electron chi connectivity index (χ1n) is 7.34. The molecule has 0 saturated heterocycles. The Morgan fingerprint density at radius 1 is 1.13 bits per heavy atom. The van der Waals surface area contributed by atoms with Gasteiger partial charge in [-0.1, -0.05) is 17.7 Å². The highest BCUT2D eigenvalue weighted by molar-refractivity contribution is 6.32. The highest BCUT2D eigenvalue weighted by Gasteiger charge is 2.16. The number of benzene rings is 2. The summed E-state index contributed by atoms with van der Waals surface area (Å²) in [6.07, 6.45) is 0. The fourth-order valence-corrected chi connectivity index (χ4v) is 2.65. The first-order chi connectivity index (χ1) is 10.9. The van der Waals surface area contributed by atoms with Crippen LogP contribution in [0.2, 0.25) is 5.02 Å². The minimum atomic E-state index is -0.252. The van der Waals surface area contributed by atoms with E-state index in [2.05, 4.69) is 5.32 Å². The van der Waals surface area contributed by atoms with Crippen molar-refractivity contribution in [1.82, 2.24) is 0 Å². The van der Waals surface area contributed by atoms with Crippen LogP contribution in [0.1, 0.15) is 28.4 Å². The number of methoxy groups -OCH3 is 1. The zero-order valence-electron chi connectivity index (χ0n) is 13.7. The number of hydrogen-bond acceptors (Lipinski definition) is 3. The number of anilines is 1. The third kappa shape index (κ3) is 4.17. The van der Waals surface area contributed by atoms with E-state index in [4.69, 9.17) is 21.1 Å². The van der Waals surface area contributed by atoms with Crippen LogP contribution < -0.4 is 14.8 Å². The van der Waals surface area contributed by atoms with Gasteiger partial charge in [0.1, 0.15) is 0 Å². The molecule has 2 aromatic carbocycles. The third-order valence-electron chi connectivity index (χ3n) is 3.26. The molecule has 2 aromatic rings. The molecule has 0 unspecified atom stereocenters. The lowest BCUT2D eigenvalue weighted by Gasteiger charge is -2.13. The van der Waals surface area contributed by atoms with Gasteiger partial charge in [0.2, 0.25) is 0 Å². The fraction of sp³-hybridized carbons (Fsp3) is 0.278. The Bertz CT molecular complexity index is 708. The van der Waals surface area contributed by atoms with Crippen LogP contribution in [-0.2, 0) is 0 Å². The summed E-state index contributed by atoms with van der Waals surface area (Å²) in [6.45, 7) is 6.29. The van der Waals surface area contributed by atoms with Gasteiger partial charge < -0.3 is 14.8 Å². The van der Waals surface area contributed by atoms with Crippen molar-refractivity contribution in [3.8, 4) is 11.5 Å². The third-order valence-corrected chi connectivity index (χ3v) is 3.54. The normalized spacial score (nSPS) is 10.3. The molecular formula is C18H20ClNO3. The smallest absolute Gasteiger partial charge is 0.255 e. The predicted octanol–water partition coefficient (Wildman–Crippen LogP) is 4.62. The van der Waals surface area contributed by atoms with Gasteiger partial charge in [-0.2, -0.15) is 0 Å². The zero-order valence-corrected chi connectivity index (χ0v) is 14.5. The maximum Gasteiger partial charge on any atom is 0.255 e. The van der Waals surface area contributed by atoms with E-state index < -0.39 is 0 Å². The number of ether oxygens (including phenoxy) is 2. The molecule has 0 saturated carbocycles. The molecule has 0 aliphatic rings. The number of carbonyl (C=O) groups is 1. The summed E-state index contributed by atoms with van der Waals surface area (Å²) >= 11 is 6.20. The minimum absolute atomic E-state index is 0.252. The monoisotopic (exact) mass is 333 g/mol. The molecule has 0 fully saturated rings. The summed E-state index contributed by atoms with van der Waals surface area (Å²) < 4.78 is 10.7. The number of aryl methyl sites for hydroxylation is 2. The summed E-state index contributed by atoms with van der Waals surface area (Å²) in [5, 5.41) is 3.22. The van der Waals surface area contributed by atoms with Crippen LogP contribution in [0, 0.1) is 13.8 Å². The Morgan fingerprint density at radius 3 is 2.35 bits per heavy atom. The van der Waals surface area contributed by atoms with Gasteiger partial charge in [0.25, 0.3) is 5.91 Å². The van der Waals surface area contributed by atoms with Gasteiger partial charge in [-0.05, 0) is 56.2 Å². The van der Waals surface area contributed by atoms with Crippen LogP contribution in [0.4, 0.5) is 5.69 Å². The molecule has 0 aliphatic heterocycles. The van der Waals surface area contributed by atoms with Crippen LogP contribution in [0.25, 0.3) is 0 Å². The minimum Gasteiger partial charge on any atom is -0.493 e. The second-order valence-electron chi connectivity index (χ2n) is 5.25. The molecule has 0 heterocycles. The molecule has 1 amide bonds. The van der Waals surface area contributed by atoms with Crippen LogP contribution in [0.3, 0.4) is 0 Å². The Balaban J connectivity index is 2.30. The molecule has 4 nitrogen and oxygen atoms in total. The molecule has 0 radical (unpaired) electrons. The average Bonchev–Trinajstić information content (AvgIpc) is 2.48. The van der Waals surface area contributed by atoms with Crippen molar-refractivity contribution in [2.75, 3.05) is 19.0 Å². The molecule has 0 atom stereocenters. The highest BCUT2D eigenvalue weighted by Crippen LogP contribution is 2.36. The van der Waals surface area contributed by atoms with Gasteiger partial charge in [-0.25, -0.2) is 0 Å². The van der Waals surface area contributed by atoms with E-state index in [0.717, 1.165) is 16.8 Å². The topological polar surface area (TPSA) is 47.6 Å². The Morgan fingerprint density at radius 2 is 1.78 bits per heavy atom.